The highest BCUT2D eigenvalue weighted by atomic mass is 16.4. The fourth-order valence-corrected chi connectivity index (χ4v) is 1.89. The van der Waals surface area contributed by atoms with Crippen molar-refractivity contribution in [1.29, 1.82) is 0 Å². The Hall–Kier alpha value is -1.35. The summed E-state index contributed by atoms with van der Waals surface area (Å²) < 4.78 is 0. The smallest absolute Gasteiger partial charge is 0.332 e. The van der Waals surface area contributed by atoms with E-state index in [1.54, 1.807) is 0 Å². The van der Waals surface area contributed by atoms with E-state index in [2.05, 4.69) is 43.4 Å². The van der Waals surface area contributed by atoms with Crippen molar-refractivity contribution in [2.24, 2.45) is 0 Å². The summed E-state index contributed by atoms with van der Waals surface area (Å²) >= 11 is 0. The molecule has 2 N–H and O–H groups in total. The Bertz CT molecular complexity index is 329. The second kappa shape index (κ2) is 15.0. The van der Waals surface area contributed by atoms with Crippen LogP contribution in [0.25, 0.3) is 0 Å². The molecule has 21 heavy (non-hydrogen) atoms. The Balaban J connectivity index is 3.31. The van der Waals surface area contributed by atoms with Gasteiger partial charge < -0.3 is 10.2 Å². The minimum Gasteiger partial charge on any atom is -0.479 e. The molecule has 0 spiro atoms. The third kappa shape index (κ3) is 14.9. The van der Waals surface area contributed by atoms with Crippen LogP contribution in [0.2, 0.25) is 0 Å². The summed E-state index contributed by atoms with van der Waals surface area (Å²) in [6.45, 7) is 2.13. The summed E-state index contributed by atoms with van der Waals surface area (Å²) in [7, 11) is 0. The summed E-state index contributed by atoms with van der Waals surface area (Å²) in [5.41, 5.74) is 0. The van der Waals surface area contributed by atoms with Crippen LogP contribution in [-0.2, 0) is 4.79 Å². The average molecular weight is 294 g/mol. The fourth-order valence-electron chi connectivity index (χ4n) is 1.89. The number of allylic oxidation sites excluding steroid dienone is 6. The van der Waals surface area contributed by atoms with Crippen LogP contribution in [0, 0.1) is 0 Å². The molecule has 0 bridgehead atoms. The first-order valence-electron chi connectivity index (χ1n) is 8.06. The molecule has 120 valence electrons. The highest BCUT2D eigenvalue weighted by Crippen LogP contribution is 2.08. The molecule has 0 aromatic heterocycles. The van der Waals surface area contributed by atoms with Gasteiger partial charge in [0.1, 0.15) is 0 Å². The van der Waals surface area contributed by atoms with Crippen molar-refractivity contribution in [3.8, 4) is 0 Å². The van der Waals surface area contributed by atoms with Crippen LogP contribution in [0.3, 0.4) is 0 Å². The number of carboxylic acid groups (broad SMARTS) is 1. The Morgan fingerprint density at radius 3 is 2.24 bits per heavy atom. The van der Waals surface area contributed by atoms with Gasteiger partial charge in [0.15, 0.2) is 6.10 Å². The summed E-state index contributed by atoms with van der Waals surface area (Å²) in [6.07, 6.45) is 20.5. The van der Waals surface area contributed by atoms with Gasteiger partial charge in [-0.2, -0.15) is 0 Å². The van der Waals surface area contributed by atoms with E-state index in [0.29, 0.717) is 6.42 Å². The lowest BCUT2D eigenvalue weighted by molar-refractivity contribution is -0.146. The second-order valence-electron chi connectivity index (χ2n) is 5.16. The molecule has 0 aliphatic rings. The molecule has 0 fully saturated rings. The number of aliphatic hydroxyl groups excluding tert-OH is 1. The van der Waals surface area contributed by atoms with E-state index >= 15 is 0 Å². The number of carbonyl (C=O) groups is 1. The predicted molar refractivity (Wildman–Crippen MR) is 88.3 cm³/mol. The first-order chi connectivity index (χ1) is 10.2. The standard InChI is InChI=1S/C18H30O3/c1-2-3-4-5-6-7-8-9-10-11-12-13-14-15-16-17(19)18(20)21/h3-6,9-10,17,19H,2,7-8,11-16H2,1H3,(H,20,21). The number of rotatable bonds is 13. The fraction of sp³-hybridized carbons (Fsp3) is 0.611. The monoisotopic (exact) mass is 294 g/mol. The second-order valence-corrected chi connectivity index (χ2v) is 5.16. The summed E-state index contributed by atoms with van der Waals surface area (Å²) in [4.78, 5) is 10.4. The van der Waals surface area contributed by atoms with Crippen molar-refractivity contribution < 1.29 is 15.0 Å². The molecule has 0 heterocycles. The maximum absolute atomic E-state index is 10.4. The van der Waals surface area contributed by atoms with E-state index < -0.39 is 12.1 Å². The van der Waals surface area contributed by atoms with E-state index in [1.807, 2.05) is 0 Å². The zero-order chi connectivity index (χ0) is 15.8. The minimum absolute atomic E-state index is 0.365. The molecule has 0 aliphatic carbocycles. The zero-order valence-corrected chi connectivity index (χ0v) is 13.2. The van der Waals surface area contributed by atoms with Crippen molar-refractivity contribution in [3.05, 3.63) is 36.5 Å². The molecule has 0 radical (unpaired) electrons. The average Bonchev–Trinajstić information content (AvgIpc) is 2.47. The molecule has 1 unspecified atom stereocenters. The molecule has 3 heteroatoms. The number of hydrogen-bond acceptors (Lipinski definition) is 2. The third-order valence-corrected chi connectivity index (χ3v) is 3.17. The molecule has 0 aromatic carbocycles. The van der Waals surface area contributed by atoms with Crippen LogP contribution in [0.4, 0.5) is 0 Å². The first-order valence-corrected chi connectivity index (χ1v) is 8.06. The Kier molecular flexibility index (Phi) is 14.1. The molecule has 0 saturated heterocycles. The van der Waals surface area contributed by atoms with Crippen LogP contribution in [0.1, 0.15) is 64.7 Å². The summed E-state index contributed by atoms with van der Waals surface area (Å²) in [5, 5.41) is 17.6. The van der Waals surface area contributed by atoms with Gasteiger partial charge in [-0.05, 0) is 38.5 Å². The minimum atomic E-state index is -1.19. The topological polar surface area (TPSA) is 57.5 Å². The van der Waals surface area contributed by atoms with Crippen molar-refractivity contribution in [2.75, 3.05) is 0 Å². The predicted octanol–water partition coefficient (Wildman–Crippen LogP) is 4.63. The number of aliphatic carboxylic acids is 1. The van der Waals surface area contributed by atoms with Gasteiger partial charge in [-0.15, -0.1) is 0 Å². The van der Waals surface area contributed by atoms with Crippen molar-refractivity contribution >= 4 is 5.97 Å². The van der Waals surface area contributed by atoms with E-state index in [9.17, 15) is 4.79 Å². The van der Waals surface area contributed by atoms with Crippen LogP contribution in [0.15, 0.2) is 36.5 Å². The molecule has 0 rings (SSSR count). The molecular formula is C18H30O3. The molecule has 0 aromatic rings. The Labute approximate surface area is 129 Å². The van der Waals surface area contributed by atoms with Crippen molar-refractivity contribution in [3.63, 3.8) is 0 Å². The maximum Gasteiger partial charge on any atom is 0.332 e. The van der Waals surface area contributed by atoms with Crippen LogP contribution in [0.5, 0.6) is 0 Å². The highest BCUT2D eigenvalue weighted by molar-refractivity contribution is 5.71. The SMILES string of the molecule is CCC=CC=CCCC=CCCCCCCC(O)C(=O)O. The van der Waals surface area contributed by atoms with Gasteiger partial charge in [-0.1, -0.05) is 62.6 Å². The Morgan fingerprint density at radius 2 is 1.52 bits per heavy atom. The zero-order valence-electron chi connectivity index (χ0n) is 13.2. The van der Waals surface area contributed by atoms with E-state index in [4.69, 9.17) is 10.2 Å². The van der Waals surface area contributed by atoms with Crippen molar-refractivity contribution in [1.82, 2.24) is 0 Å². The Morgan fingerprint density at radius 1 is 0.905 bits per heavy atom. The molecule has 1 atom stereocenters. The van der Waals surface area contributed by atoms with E-state index in [0.717, 1.165) is 51.4 Å². The van der Waals surface area contributed by atoms with Crippen LogP contribution in [-0.4, -0.2) is 22.3 Å². The molecule has 3 nitrogen and oxygen atoms in total. The van der Waals surface area contributed by atoms with Gasteiger partial charge in [-0.25, -0.2) is 4.79 Å². The van der Waals surface area contributed by atoms with Gasteiger partial charge in [0.05, 0.1) is 0 Å². The molecule has 0 amide bonds. The normalized spacial score (nSPS) is 13.6. The van der Waals surface area contributed by atoms with E-state index in [-0.39, 0.29) is 0 Å². The summed E-state index contributed by atoms with van der Waals surface area (Å²) in [6, 6.07) is 0. The lowest BCUT2D eigenvalue weighted by Gasteiger charge is -2.04. The van der Waals surface area contributed by atoms with E-state index in [1.165, 1.54) is 0 Å². The lowest BCUT2D eigenvalue weighted by atomic mass is 10.1. The van der Waals surface area contributed by atoms with Gasteiger partial charge in [0.25, 0.3) is 0 Å². The van der Waals surface area contributed by atoms with Gasteiger partial charge in [0, 0.05) is 0 Å². The first kappa shape index (κ1) is 19.7. The van der Waals surface area contributed by atoms with Crippen LogP contribution < -0.4 is 0 Å². The summed E-state index contributed by atoms with van der Waals surface area (Å²) in [5.74, 6) is -1.11. The number of hydrogen-bond donors (Lipinski definition) is 2. The van der Waals surface area contributed by atoms with Gasteiger partial charge in [0.2, 0.25) is 0 Å². The van der Waals surface area contributed by atoms with Crippen molar-refractivity contribution in [2.45, 2.75) is 70.8 Å². The lowest BCUT2D eigenvalue weighted by Crippen LogP contribution is -2.18. The van der Waals surface area contributed by atoms with Gasteiger partial charge >= 0.3 is 5.97 Å². The highest BCUT2D eigenvalue weighted by Gasteiger charge is 2.11. The molecule has 0 saturated carbocycles. The van der Waals surface area contributed by atoms with Crippen LogP contribution >= 0.6 is 0 Å². The number of unbranched alkanes of at least 4 members (excludes halogenated alkanes) is 5. The quantitative estimate of drug-likeness (QED) is 0.296. The molecule has 0 aliphatic heterocycles. The molecular weight excluding hydrogens is 264 g/mol. The third-order valence-electron chi connectivity index (χ3n) is 3.17. The largest absolute Gasteiger partial charge is 0.479 e. The van der Waals surface area contributed by atoms with Gasteiger partial charge in [-0.3, -0.25) is 0 Å². The number of carboxylic acids is 1. The number of aliphatic hydroxyl groups is 1. The maximum atomic E-state index is 10.4.